The standard InChI is InChI=1S/C15H24N6O/c22-15(19-6-1-2-7-19)20-8-3-4-12(11-20)14-18-17-13-10-16-5-9-21(13)14/h12,16H,1-11H2. The smallest absolute Gasteiger partial charge is 0.320 e. The molecular weight excluding hydrogens is 280 g/mol. The van der Waals surface area contributed by atoms with Crippen LogP contribution < -0.4 is 5.32 Å². The average Bonchev–Trinajstić information content (AvgIpc) is 3.24. The summed E-state index contributed by atoms with van der Waals surface area (Å²) < 4.78 is 2.25. The van der Waals surface area contributed by atoms with Crippen LogP contribution in [0.4, 0.5) is 4.79 Å². The molecule has 0 bridgehead atoms. The molecule has 4 heterocycles. The van der Waals surface area contributed by atoms with Gasteiger partial charge >= 0.3 is 6.03 Å². The van der Waals surface area contributed by atoms with Gasteiger partial charge < -0.3 is 19.7 Å². The van der Waals surface area contributed by atoms with Gasteiger partial charge in [0, 0.05) is 45.2 Å². The van der Waals surface area contributed by atoms with Gasteiger partial charge in [0.15, 0.2) is 0 Å². The van der Waals surface area contributed by atoms with Crippen molar-refractivity contribution in [3.8, 4) is 0 Å². The van der Waals surface area contributed by atoms with E-state index >= 15 is 0 Å². The minimum absolute atomic E-state index is 0.224. The van der Waals surface area contributed by atoms with Gasteiger partial charge in [-0.3, -0.25) is 0 Å². The number of likely N-dealkylation sites (tertiary alicyclic amines) is 2. The minimum atomic E-state index is 0.224. The maximum atomic E-state index is 12.6. The Hall–Kier alpha value is -1.63. The number of piperidine rings is 1. The van der Waals surface area contributed by atoms with E-state index in [-0.39, 0.29) is 6.03 Å². The van der Waals surface area contributed by atoms with Crippen LogP contribution in [0.2, 0.25) is 0 Å². The van der Waals surface area contributed by atoms with E-state index in [1.807, 2.05) is 9.80 Å². The van der Waals surface area contributed by atoms with E-state index in [4.69, 9.17) is 0 Å². The number of hydrogen-bond acceptors (Lipinski definition) is 4. The highest BCUT2D eigenvalue weighted by Crippen LogP contribution is 2.27. The highest BCUT2D eigenvalue weighted by molar-refractivity contribution is 5.74. The van der Waals surface area contributed by atoms with Crippen LogP contribution in [-0.2, 0) is 13.1 Å². The summed E-state index contributed by atoms with van der Waals surface area (Å²) in [5.41, 5.74) is 0. The number of hydrogen-bond donors (Lipinski definition) is 1. The Morgan fingerprint density at radius 2 is 1.86 bits per heavy atom. The maximum Gasteiger partial charge on any atom is 0.320 e. The molecule has 1 atom stereocenters. The zero-order valence-corrected chi connectivity index (χ0v) is 13.0. The molecule has 2 saturated heterocycles. The molecule has 120 valence electrons. The Labute approximate surface area is 130 Å². The molecule has 7 nitrogen and oxygen atoms in total. The lowest BCUT2D eigenvalue weighted by atomic mass is 9.97. The lowest BCUT2D eigenvalue weighted by Crippen LogP contribution is -2.46. The summed E-state index contributed by atoms with van der Waals surface area (Å²) in [7, 11) is 0. The number of urea groups is 1. The number of carbonyl (C=O) groups excluding carboxylic acids is 1. The van der Waals surface area contributed by atoms with E-state index in [9.17, 15) is 4.79 Å². The molecule has 0 spiro atoms. The Morgan fingerprint density at radius 1 is 1.05 bits per heavy atom. The molecule has 3 aliphatic rings. The number of carbonyl (C=O) groups is 1. The molecule has 0 aliphatic carbocycles. The summed E-state index contributed by atoms with van der Waals surface area (Å²) in [6.45, 7) is 6.23. The van der Waals surface area contributed by atoms with Crippen LogP contribution in [-0.4, -0.2) is 63.3 Å². The van der Waals surface area contributed by atoms with Crippen molar-refractivity contribution in [2.24, 2.45) is 0 Å². The normalized spacial score (nSPS) is 25.4. The van der Waals surface area contributed by atoms with Crippen molar-refractivity contribution in [2.75, 3.05) is 32.7 Å². The highest BCUT2D eigenvalue weighted by Gasteiger charge is 2.32. The molecule has 0 saturated carbocycles. The lowest BCUT2D eigenvalue weighted by Gasteiger charge is -2.35. The quantitative estimate of drug-likeness (QED) is 0.832. The largest absolute Gasteiger partial charge is 0.325 e. The molecule has 3 aliphatic heterocycles. The monoisotopic (exact) mass is 304 g/mol. The summed E-state index contributed by atoms with van der Waals surface area (Å²) in [5.74, 6) is 2.44. The summed E-state index contributed by atoms with van der Waals surface area (Å²) in [4.78, 5) is 16.6. The van der Waals surface area contributed by atoms with Crippen molar-refractivity contribution >= 4 is 6.03 Å². The predicted molar refractivity (Wildman–Crippen MR) is 81.5 cm³/mol. The molecule has 7 heteroatoms. The fraction of sp³-hybridized carbons (Fsp3) is 0.800. The first-order valence-corrected chi connectivity index (χ1v) is 8.49. The Kier molecular flexibility index (Phi) is 3.73. The zero-order valence-electron chi connectivity index (χ0n) is 13.0. The third-order valence-electron chi connectivity index (χ3n) is 5.08. The van der Waals surface area contributed by atoms with E-state index in [1.165, 1.54) is 0 Å². The van der Waals surface area contributed by atoms with E-state index in [1.54, 1.807) is 0 Å². The van der Waals surface area contributed by atoms with Crippen LogP contribution in [0.1, 0.15) is 43.3 Å². The van der Waals surface area contributed by atoms with E-state index in [0.29, 0.717) is 5.92 Å². The fourth-order valence-electron chi connectivity index (χ4n) is 3.89. The van der Waals surface area contributed by atoms with E-state index in [2.05, 4.69) is 20.1 Å². The van der Waals surface area contributed by atoms with E-state index < -0.39 is 0 Å². The topological polar surface area (TPSA) is 66.3 Å². The molecule has 22 heavy (non-hydrogen) atoms. The van der Waals surface area contributed by atoms with Crippen molar-refractivity contribution in [1.29, 1.82) is 0 Å². The second-order valence-electron chi connectivity index (χ2n) is 6.56. The average molecular weight is 304 g/mol. The van der Waals surface area contributed by atoms with Gasteiger partial charge in [-0.05, 0) is 25.7 Å². The van der Waals surface area contributed by atoms with Gasteiger partial charge in [-0.25, -0.2) is 4.79 Å². The molecular formula is C15H24N6O. The maximum absolute atomic E-state index is 12.6. The third-order valence-corrected chi connectivity index (χ3v) is 5.08. The van der Waals surface area contributed by atoms with Gasteiger partial charge in [-0.15, -0.1) is 10.2 Å². The van der Waals surface area contributed by atoms with Crippen LogP contribution in [0.25, 0.3) is 0 Å². The van der Waals surface area contributed by atoms with Crippen molar-refractivity contribution < 1.29 is 4.79 Å². The van der Waals surface area contributed by atoms with Crippen LogP contribution in [0, 0.1) is 0 Å². The van der Waals surface area contributed by atoms with Gasteiger partial charge in [-0.1, -0.05) is 0 Å². The van der Waals surface area contributed by atoms with Gasteiger partial charge in [0.25, 0.3) is 0 Å². The molecule has 2 fully saturated rings. The second kappa shape index (κ2) is 5.87. The zero-order chi connectivity index (χ0) is 14.9. The van der Waals surface area contributed by atoms with Crippen LogP contribution in [0.3, 0.4) is 0 Å². The van der Waals surface area contributed by atoms with Crippen molar-refractivity contribution in [3.05, 3.63) is 11.6 Å². The number of nitrogens with one attached hydrogen (secondary N) is 1. The molecule has 1 unspecified atom stereocenters. The van der Waals surface area contributed by atoms with Crippen molar-refractivity contribution in [1.82, 2.24) is 29.9 Å². The summed E-state index contributed by atoms with van der Waals surface area (Å²) in [5, 5.41) is 12.1. The molecule has 0 aromatic carbocycles. The van der Waals surface area contributed by atoms with Crippen LogP contribution in [0.15, 0.2) is 0 Å². The highest BCUT2D eigenvalue weighted by atomic mass is 16.2. The van der Waals surface area contributed by atoms with Crippen molar-refractivity contribution in [2.45, 2.75) is 44.7 Å². The first-order chi connectivity index (χ1) is 10.8. The van der Waals surface area contributed by atoms with Crippen LogP contribution >= 0.6 is 0 Å². The molecule has 1 aromatic heterocycles. The number of nitrogens with zero attached hydrogens (tertiary/aromatic N) is 5. The van der Waals surface area contributed by atoms with E-state index in [0.717, 1.165) is 83.1 Å². The van der Waals surface area contributed by atoms with Gasteiger partial charge in [0.2, 0.25) is 0 Å². The predicted octanol–water partition coefficient (Wildman–Crippen LogP) is 0.777. The van der Waals surface area contributed by atoms with Gasteiger partial charge in [0.1, 0.15) is 11.6 Å². The Balaban J connectivity index is 1.49. The minimum Gasteiger partial charge on any atom is -0.325 e. The number of rotatable bonds is 1. The first kappa shape index (κ1) is 14.0. The summed E-state index contributed by atoms with van der Waals surface area (Å²) >= 11 is 0. The summed E-state index contributed by atoms with van der Waals surface area (Å²) in [6.07, 6.45) is 4.46. The second-order valence-corrected chi connectivity index (χ2v) is 6.56. The first-order valence-electron chi connectivity index (χ1n) is 8.49. The third kappa shape index (κ3) is 2.47. The molecule has 1 aromatic rings. The summed E-state index contributed by atoms with van der Waals surface area (Å²) in [6, 6.07) is 0.224. The Morgan fingerprint density at radius 3 is 2.73 bits per heavy atom. The van der Waals surface area contributed by atoms with Crippen molar-refractivity contribution in [3.63, 3.8) is 0 Å². The number of aromatic nitrogens is 3. The number of fused-ring (bicyclic) bond motifs is 1. The van der Waals surface area contributed by atoms with Gasteiger partial charge in [0.05, 0.1) is 6.54 Å². The number of amides is 2. The molecule has 0 radical (unpaired) electrons. The van der Waals surface area contributed by atoms with Crippen LogP contribution in [0.5, 0.6) is 0 Å². The molecule has 1 N–H and O–H groups in total. The Bertz CT molecular complexity index is 550. The van der Waals surface area contributed by atoms with Gasteiger partial charge in [-0.2, -0.15) is 0 Å². The molecule has 2 amide bonds. The fourth-order valence-corrected chi connectivity index (χ4v) is 3.89. The molecule has 4 rings (SSSR count). The lowest BCUT2D eigenvalue weighted by molar-refractivity contribution is 0.145. The SMILES string of the molecule is O=C(N1CCCC1)N1CCCC(c2nnc3n2CCNC3)C1.